The Hall–Kier alpha value is -0.810. The highest BCUT2D eigenvalue weighted by atomic mass is 16.5. The molecule has 3 fully saturated rings. The largest absolute Gasteiger partial charge is 0.379 e. The summed E-state index contributed by atoms with van der Waals surface area (Å²) in [7, 11) is 0. The van der Waals surface area contributed by atoms with Crippen molar-refractivity contribution in [2.45, 2.75) is 63.2 Å². The molecule has 3 rings (SSSR count). The lowest BCUT2D eigenvalue weighted by molar-refractivity contribution is 0.145. The van der Waals surface area contributed by atoms with E-state index in [1.165, 1.54) is 12.8 Å². The highest BCUT2D eigenvalue weighted by Gasteiger charge is 2.37. The molecule has 0 aliphatic carbocycles. The van der Waals surface area contributed by atoms with Crippen LogP contribution in [0.5, 0.6) is 0 Å². The Kier molecular flexibility index (Phi) is 3.93. The summed E-state index contributed by atoms with van der Waals surface area (Å²) in [6.07, 6.45) is 5.71. The fourth-order valence-corrected chi connectivity index (χ4v) is 3.76. The van der Waals surface area contributed by atoms with Crippen LogP contribution in [0.4, 0.5) is 4.79 Å². The number of rotatable bonds is 3. The number of ether oxygens (including phenoxy) is 1. The molecule has 0 aromatic carbocycles. The Morgan fingerprint density at radius 1 is 1.32 bits per heavy atom. The Bertz CT molecular complexity index is 319. The van der Waals surface area contributed by atoms with E-state index in [0.29, 0.717) is 24.7 Å². The van der Waals surface area contributed by atoms with Gasteiger partial charge < -0.3 is 20.3 Å². The van der Waals surface area contributed by atoms with Crippen molar-refractivity contribution in [3.63, 3.8) is 0 Å². The quantitative estimate of drug-likeness (QED) is 0.805. The van der Waals surface area contributed by atoms with Crippen LogP contribution in [0.15, 0.2) is 0 Å². The number of fused-ring (bicyclic) bond motifs is 2. The van der Waals surface area contributed by atoms with Gasteiger partial charge in [0.15, 0.2) is 0 Å². The molecule has 0 aromatic heterocycles. The molecule has 3 aliphatic rings. The van der Waals surface area contributed by atoms with Crippen LogP contribution in [-0.4, -0.2) is 54.9 Å². The summed E-state index contributed by atoms with van der Waals surface area (Å²) in [6, 6.07) is 1.97. The molecular weight excluding hydrogens is 242 g/mol. The molecule has 3 aliphatic heterocycles. The minimum atomic E-state index is 0.101. The first-order chi connectivity index (χ1) is 9.26. The van der Waals surface area contributed by atoms with Crippen molar-refractivity contribution in [3.8, 4) is 0 Å². The summed E-state index contributed by atoms with van der Waals surface area (Å²) in [5.74, 6) is 0. The van der Waals surface area contributed by atoms with Crippen LogP contribution in [-0.2, 0) is 4.74 Å². The molecule has 0 radical (unpaired) electrons. The molecule has 3 heterocycles. The fraction of sp³-hybridized carbons (Fsp3) is 0.929. The van der Waals surface area contributed by atoms with Crippen LogP contribution in [0.2, 0.25) is 0 Å². The zero-order chi connectivity index (χ0) is 13.2. The Morgan fingerprint density at radius 3 is 2.63 bits per heavy atom. The summed E-state index contributed by atoms with van der Waals surface area (Å²) in [4.78, 5) is 14.4. The third kappa shape index (κ3) is 2.87. The first kappa shape index (κ1) is 13.2. The van der Waals surface area contributed by atoms with Crippen LogP contribution in [0, 0.1) is 0 Å². The summed E-state index contributed by atoms with van der Waals surface area (Å²) in [5, 5.41) is 6.75. The van der Waals surface area contributed by atoms with Crippen LogP contribution in [0.1, 0.15) is 39.0 Å². The Balaban J connectivity index is 1.58. The Labute approximate surface area is 115 Å². The number of carbonyl (C=O) groups excluding carboxylic acids is 1. The second kappa shape index (κ2) is 5.67. The van der Waals surface area contributed by atoms with E-state index < -0.39 is 0 Å². The number of amides is 2. The lowest BCUT2D eigenvalue weighted by atomic mass is 9.98. The van der Waals surface area contributed by atoms with E-state index >= 15 is 0 Å². The second-order valence-corrected chi connectivity index (χ2v) is 6.06. The van der Waals surface area contributed by atoms with Gasteiger partial charge >= 0.3 is 6.03 Å². The minimum absolute atomic E-state index is 0.101. The zero-order valence-electron chi connectivity index (χ0n) is 11.7. The average molecular weight is 267 g/mol. The van der Waals surface area contributed by atoms with E-state index in [1.807, 2.05) is 4.90 Å². The molecule has 3 saturated heterocycles. The second-order valence-electron chi connectivity index (χ2n) is 6.06. The van der Waals surface area contributed by atoms with E-state index in [-0.39, 0.29) is 12.1 Å². The molecule has 0 spiro atoms. The van der Waals surface area contributed by atoms with Gasteiger partial charge in [-0.2, -0.15) is 0 Å². The molecule has 5 nitrogen and oxygen atoms in total. The number of carbonyl (C=O) groups is 1. The number of urea groups is 1. The topological polar surface area (TPSA) is 53.6 Å². The van der Waals surface area contributed by atoms with Gasteiger partial charge in [-0.15, -0.1) is 0 Å². The van der Waals surface area contributed by atoms with E-state index in [9.17, 15) is 4.79 Å². The molecule has 3 atom stereocenters. The molecule has 3 unspecified atom stereocenters. The molecule has 2 amide bonds. The molecule has 0 saturated carbocycles. The van der Waals surface area contributed by atoms with Crippen molar-refractivity contribution in [1.29, 1.82) is 0 Å². The van der Waals surface area contributed by atoms with Crippen LogP contribution >= 0.6 is 0 Å². The minimum Gasteiger partial charge on any atom is -0.379 e. The fourth-order valence-electron chi connectivity index (χ4n) is 3.76. The van der Waals surface area contributed by atoms with Crippen molar-refractivity contribution < 1.29 is 9.53 Å². The molecular formula is C14H25N3O2. The number of nitrogens with zero attached hydrogens (tertiary/aromatic N) is 1. The first-order valence-corrected chi connectivity index (χ1v) is 7.67. The number of hydrogen-bond donors (Lipinski definition) is 2. The smallest absolute Gasteiger partial charge is 0.317 e. The first-order valence-electron chi connectivity index (χ1n) is 7.67. The van der Waals surface area contributed by atoms with Gasteiger partial charge in [0.05, 0.1) is 12.6 Å². The predicted octanol–water partition coefficient (Wildman–Crippen LogP) is 1.09. The van der Waals surface area contributed by atoms with E-state index in [4.69, 9.17) is 4.74 Å². The van der Waals surface area contributed by atoms with Crippen molar-refractivity contribution in [3.05, 3.63) is 0 Å². The molecule has 19 heavy (non-hydrogen) atoms. The van der Waals surface area contributed by atoms with Gasteiger partial charge in [-0.3, -0.25) is 0 Å². The highest BCUT2D eigenvalue weighted by molar-refractivity contribution is 5.75. The Morgan fingerprint density at radius 2 is 2.05 bits per heavy atom. The SMILES string of the molecule is CCN(C(=O)NC1CCOC1)C1CC2CCC(C1)N2. The lowest BCUT2D eigenvalue weighted by Crippen LogP contribution is -2.54. The predicted molar refractivity (Wildman–Crippen MR) is 73.1 cm³/mol. The third-order valence-corrected chi connectivity index (χ3v) is 4.75. The monoisotopic (exact) mass is 267 g/mol. The molecule has 0 aromatic rings. The summed E-state index contributed by atoms with van der Waals surface area (Å²) in [6.45, 7) is 4.31. The van der Waals surface area contributed by atoms with E-state index in [1.54, 1.807) is 0 Å². The zero-order valence-corrected chi connectivity index (χ0v) is 11.7. The van der Waals surface area contributed by atoms with Gasteiger partial charge in [-0.05, 0) is 39.0 Å². The van der Waals surface area contributed by atoms with Gasteiger partial charge in [-0.1, -0.05) is 0 Å². The van der Waals surface area contributed by atoms with E-state index in [2.05, 4.69) is 17.6 Å². The van der Waals surface area contributed by atoms with Crippen LogP contribution in [0.25, 0.3) is 0 Å². The van der Waals surface area contributed by atoms with Gasteiger partial charge in [0.1, 0.15) is 0 Å². The van der Waals surface area contributed by atoms with Gasteiger partial charge in [0, 0.05) is 31.3 Å². The van der Waals surface area contributed by atoms with E-state index in [0.717, 1.165) is 32.4 Å². The summed E-state index contributed by atoms with van der Waals surface area (Å²) >= 11 is 0. The standard InChI is InChI=1S/C14H25N3O2/c1-2-17(14(18)16-12-5-6-19-9-12)13-7-10-3-4-11(8-13)15-10/h10-13,15H,2-9H2,1H3,(H,16,18). The molecule has 108 valence electrons. The van der Waals surface area contributed by atoms with Gasteiger partial charge in [0.25, 0.3) is 0 Å². The number of nitrogens with one attached hydrogen (secondary N) is 2. The van der Waals surface area contributed by atoms with Crippen molar-refractivity contribution in [2.75, 3.05) is 19.8 Å². The molecule has 5 heteroatoms. The molecule has 2 bridgehead atoms. The van der Waals surface area contributed by atoms with Crippen molar-refractivity contribution in [1.82, 2.24) is 15.5 Å². The lowest BCUT2D eigenvalue weighted by Gasteiger charge is -2.37. The molecule has 2 N–H and O–H groups in total. The average Bonchev–Trinajstić information content (AvgIpc) is 3.00. The number of piperidine rings is 1. The normalized spacial score (nSPS) is 37.3. The van der Waals surface area contributed by atoms with Crippen LogP contribution < -0.4 is 10.6 Å². The maximum atomic E-state index is 12.4. The summed E-state index contributed by atoms with van der Waals surface area (Å²) in [5.41, 5.74) is 0. The van der Waals surface area contributed by atoms with Gasteiger partial charge in [-0.25, -0.2) is 4.79 Å². The maximum Gasteiger partial charge on any atom is 0.317 e. The van der Waals surface area contributed by atoms with Crippen LogP contribution in [0.3, 0.4) is 0 Å². The third-order valence-electron chi connectivity index (χ3n) is 4.75. The highest BCUT2D eigenvalue weighted by Crippen LogP contribution is 2.29. The van der Waals surface area contributed by atoms with Crippen molar-refractivity contribution >= 4 is 6.03 Å². The van der Waals surface area contributed by atoms with Crippen molar-refractivity contribution in [2.24, 2.45) is 0 Å². The van der Waals surface area contributed by atoms with Gasteiger partial charge in [0.2, 0.25) is 0 Å². The maximum absolute atomic E-state index is 12.4. The summed E-state index contributed by atoms with van der Waals surface area (Å²) < 4.78 is 5.32. The number of hydrogen-bond acceptors (Lipinski definition) is 3.